The average Bonchev–Trinajstić information content (AvgIpc) is 2.94. The quantitative estimate of drug-likeness (QED) is 0.355. The van der Waals surface area contributed by atoms with Gasteiger partial charge < -0.3 is 15.0 Å². The van der Waals surface area contributed by atoms with Gasteiger partial charge in [-0.1, -0.05) is 6.42 Å². The molecule has 0 radical (unpaired) electrons. The first-order valence-electron chi connectivity index (χ1n) is 7.80. The standard InChI is InChI=1S/C16H24N4O.HI/c1-17-15(20-10-7-16(13-20)5-3-6-16)19-9-11-21-14-4-2-8-18-12-14;/h2,4,8,12H,3,5-7,9-11,13H2,1H3,(H,17,19);1H. The van der Waals surface area contributed by atoms with Gasteiger partial charge in [-0.15, -0.1) is 24.0 Å². The monoisotopic (exact) mass is 416 g/mol. The summed E-state index contributed by atoms with van der Waals surface area (Å²) in [7, 11) is 1.86. The Kier molecular flexibility index (Phi) is 6.28. The Morgan fingerprint density at radius 1 is 1.45 bits per heavy atom. The summed E-state index contributed by atoms with van der Waals surface area (Å²) < 4.78 is 5.64. The van der Waals surface area contributed by atoms with Crippen molar-refractivity contribution in [1.29, 1.82) is 0 Å². The lowest BCUT2D eigenvalue weighted by Gasteiger charge is -2.38. The van der Waals surface area contributed by atoms with Crippen molar-refractivity contribution in [3.63, 3.8) is 0 Å². The number of hydrogen-bond donors (Lipinski definition) is 1. The topological polar surface area (TPSA) is 49.8 Å². The number of nitrogens with one attached hydrogen (secondary N) is 1. The maximum absolute atomic E-state index is 5.64. The summed E-state index contributed by atoms with van der Waals surface area (Å²) in [6.45, 7) is 3.66. The highest BCUT2D eigenvalue weighted by atomic mass is 127. The lowest BCUT2D eigenvalue weighted by Crippen LogP contribution is -2.43. The van der Waals surface area contributed by atoms with Gasteiger partial charge in [0, 0.05) is 26.3 Å². The van der Waals surface area contributed by atoms with Crippen LogP contribution in [0.3, 0.4) is 0 Å². The van der Waals surface area contributed by atoms with Crippen LogP contribution in [0.1, 0.15) is 25.7 Å². The maximum atomic E-state index is 5.64. The smallest absolute Gasteiger partial charge is 0.193 e. The van der Waals surface area contributed by atoms with Crippen LogP contribution in [0, 0.1) is 5.41 Å². The third kappa shape index (κ3) is 4.02. The number of guanidine groups is 1. The summed E-state index contributed by atoms with van der Waals surface area (Å²) in [6, 6.07) is 3.80. The third-order valence-corrected chi connectivity index (χ3v) is 4.65. The van der Waals surface area contributed by atoms with E-state index < -0.39 is 0 Å². The number of pyridine rings is 1. The van der Waals surface area contributed by atoms with Gasteiger partial charge in [-0.05, 0) is 36.8 Å². The summed E-state index contributed by atoms with van der Waals surface area (Å²) in [6.07, 6.45) is 8.99. The normalized spacial score (nSPS) is 19.5. The van der Waals surface area contributed by atoms with Crippen molar-refractivity contribution in [1.82, 2.24) is 15.2 Å². The van der Waals surface area contributed by atoms with Crippen molar-refractivity contribution >= 4 is 29.9 Å². The Labute approximate surface area is 149 Å². The zero-order chi connectivity index (χ0) is 14.5. The fourth-order valence-corrected chi connectivity index (χ4v) is 3.30. The van der Waals surface area contributed by atoms with Crippen molar-refractivity contribution < 1.29 is 4.74 Å². The van der Waals surface area contributed by atoms with Crippen LogP contribution in [0.2, 0.25) is 0 Å². The van der Waals surface area contributed by atoms with Crippen LogP contribution in [0.15, 0.2) is 29.5 Å². The summed E-state index contributed by atoms with van der Waals surface area (Å²) in [5.41, 5.74) is 0.601. The molecule has 22 heavy (non-hydrogen) atoms. The first-order chi connectivity index (χ1) is 10.3. The van der Waals surface area contributed by atoms with Gasteiger partial charge in [-0.3, -0.25) is 9.98 Å². The minimum Gasteiger partial charge on any atom is -0.490 e. The van der Waals surface area contributed by atoms with Crippen molar-refractivity contribution in [3.05, 3.63) is 24.5 Å². The van der Waals surface area contributed by atoms with Crippen LogP contribution >= 0.6 is 24.0 Å². The minimum absolute atomic E-state index is 0. The summed E-state index contributed by atoms with van der Waals surface area (Å²) in [4.78, 5) is 10.8. The van der Waals surface area contributed by atoms with Crippen LogP contribution in [0.4, 0.5) is 0 Å². The highest BCUT2D eigenvalue weighted by Crippen LogP contribution is 2.47. The Morgan fingerprint density at radius 2 is 2.32 bits per heavy atom. The van der Waals surface area contributed by atoms with Crippen molar-refractivity contribution in [2.75, 3.05) is 33.3 Å². The molecule has 1 aliphatic heterocycles. The molecule has 0 unspecified atom stereocenters. The number of hydrogen-bond acceptors (Lipinski definition) is 3. The van der Waals surface area contributed by atoms with Crippen LogP contribution < -0.4 is 10.1 Å². The molecule has 3 rings (SSSR count). The molecule has 122 valence electrons. The molecule has 0 bridgehead atoms. The Morgan fingerprint density at radius 3 is 2.91 bits per heavy atom. The van der Waals surface area contributed by atoms with E-state index in [0.717, 1.165) is 31.3 Å². The second-order valence-corrected chi connectivity index (χ2v) is 6.04. The van der Waals surface area contributed by atoms with Crippen molar-refractivity contribution in [2.24, 2.45) is 10.4 Å². The molecule has 1 saturated heterocycles. The third-order valence-electron chi connectivity index (χ3n) is 4.65. The van der Waals surface area contributed by atoms with E-state index in [4.69, 9.17) is 4.74 Å². The molecule has 1 aliphatic carbocycles. The van der Waals surface area contributed by atoms with E-state index in [9.17, 15) is 0 Å². The molecule has 6 heteroatoms. The van der Waals surface area contributed by atoms with Gasteiger partial charge in [-0.2, -0.15) is 0 Å². The zero-order valence-electron chi connectivity index (χ0n) is 13.1. The first kappa shape index (κ1) is 17.3. The van der Waals surface area contributed by atoms with Gasteiger partial charge in [0.05, 0.1) is 12.7 Å². The number of rotatable bonds is 4. The van der Waals surface area contributed by atoms with E-state index in [1.54, 1.807) is 12.4 Å². The van der Waals surface area contributed by atoms with Gasteiger partial charge in [0.15, 0.2) is 5.96 Å². The van der Waals surface area contributed by atoms with Crippen LogP contribution in [-0.2, 0) is 0 Å². The predicted octanol–water partition coefficient (Wildman–Crippen LogP) is 2.53. The molecular weight excluding hydrogens is 391 g/mol. The van der Waals surface area contributed by atoms with Gasteiger partial charge in [0.1, 0.15) is 12.4 Å². The second-order valence-electron chi connectivity index (χ2n) is 6.04. The SMILES string of the molecule is CN=C(NCCOc1cccnc1)N1CCC2(CCC2)C1.I. The fourth-order valence-electron chi connectivity index (χ4n) is 3.30. The maximum Gasteiger partial charge on any atom is 0.193 e. The Hall–Kier alpha value is -1.05. The Bertz CT molecular complexity index is 490. The molecule has 2 heterocycles. The predicted molar refractivity (Wildman–Crippen MR) is 99.0 cm³/mol. The van der Waals surface area contributed by atoms with Gasteiger partial charge >= 0.3 is 0 Å². The van der Waals surface area contributed by atoms with E-state index in [2.05, 4.69) is 20.2 Å². The molecule has 1 N–H and O–H groups in total. The number of nitrogens with zero attached hydrogens (tertiary/aromatic N) is 3. The largest absolute Gasteiger partial charge is 0.490 e. The zero-order valence-corrected chi connectivity index (χ0v) is 15.5. The van der Waals surface area contributed by atoms with Gasteiger partial charge in [-0.25, -0.2) is 0 Å². The number of ether oxygens (including phenoxy) is 1. The molecule has 5 nitrogen and oxygen atoms in total. The summed E-state index contributed by atoms with van der Waals surface area (Å²) in [5.74, 6) is 1.82. The van der Waals surface area contributed by atoms with E-state index >= 15 is 0 Å². The molecule has 1 aromatic rings. The van der Waals surface area contributed by atoms with E-state index in [0.29, 0.717) is 12.0 Å². The highest BCUT2D eigenvalue weighted by Gasteiger charge is 2.43. The molecule has 1 saturated carbocycles. The number of likely N-dealkylation sites (tertiary alicyclic amines) is 1. The van der Waals surface area contributed by atoms with Crippen LogP contribution in [0.25, 0.3) is 0 Å². The number of halogens is 1. The number of aliphatic imine (C=N–C) groups is 1. The van der Waals surface area contributed by atoms with E-state index in [-0.39, 0.29) is 24.0 Å². The fraction of sp³-hybridized carbons (Fsp3) is 0.625. The van der Waals surface area contributed by atoms with Crippen molar-refractivity contribution in [3.8, 4) is 5.75 Å². The highest BCUT2D eigenvalue weighted by molar-refractivity contribution is 14.0. The molecule has 0 aromatic carbocycles. The first-order valence-corrected chi connectivity index (χ1v) is 7.80. The van der Waals surface area contributed by atoms with Gasteiger partial charge in [0.25, 0.3) is 0 Å². The Balaban J connectivity index is 0.00000176. The summed E-state index contributed by atoms with van der Waals surface area (Å²) >= 11 is 0. The molecule has 1 aromatic heterocycles. The molecular formula is C16H25IN4O. The average molecular weight is 416 g/mol. The second kappa shape index (κ2) is 7.99. The number of aromatic nitrogens is 1. The minimum atomic E-state index is 0. The molecule has 1 spiro atoms. The lowest BCUT2D eigenvalue weighted by atomic mass is 9.68. The molecule has 0 atom stereocenters. The van der Waals surface area contributed by atoms with E-state index in [1.165, 1.54) is 25.7 Å². The summed E-state index contributed by atoms with van der Waals surface area (Å²) in [5, 5.41) is 3.40. The van der Waals surface area contributed by atoms with Gasteiger partial charge in [0.2, 0.25) is 0 Å². The molecule has 2 aliphatic rings. The molecule has 2 fully saturated rings. The van der Waals surface area contributed by atoms with Crippen LogP contribution in [-0.4, -0.2) is 49.1 Å². The van der Waals surface area contributed by atoms with Crippen LogP contribution in [0.5, 0.6) is 5.75 Å². The molecule has 0 amide bonds. The van der Waals surface area contributed by atoms with E-state index in [1.807, 2.05) is 19.2 Å². The lowest BCUT2D eigenvalue weighted by molar-refractivity contribution is 0.151. The van der Waals surface area contributed by atoms with Crippen molar-refractivity contribution in [2.45, 2.75) is 25.7 Å².